The lowest BCUT2D eigenvalue weighted by atomic mass is 10.1. The zero-order valence-electron chi connectivity index (χ0n) is 10.4. The molecule has 1 nitrogen and oxygen atoms in total. The molecule has 0 atom stereocenters. The van der Waals surface area contributed by atoms with E-state index in [9.17, 15) is 0 Å². The van der Waals surface area contributed by atoms with Crippen LogP contribution in [0.2, 0.25) is 10.0 Å². The van der Waals surface area contributed by atoms with Gasteiger partial charge >= 0.3 is 0 Å². The van der Waals surface area contributed by atoms with Gasteiger partial charge in [-0.15, -0.1) is 0 Å². The maximum absolute atomic E-state index is 6.12. The lowest BCUT2D eigenvalue weighted by Crippen LogP contribution is -2.00. The van der Waals surface area contributed by atoms with Gasteiger partial charge in [0.05, 0.1) is 15.7 Å². The van der Waals surface area contributed by atoms with Gasteiger partial charge in [-0.1, -0.05) is 47.5 Å². The van der Waals surface area contributed by atoms with Crippen LogP contribution in [-0.2, 0) is 6.54 Å². The first-order valence-electron chi connectivity index (χ1n) is 5.82. The number of rotatable bonds is 3. The van der Waals surface area contributed by atoms with Crippen LogP contribution in [-0.4, -0.2) is 0 Å². The van der Waals surface area contributed by atoms with Gasteiger partial charge in [0.15, 0.2) is 0 Å². The van der Waals surface area contributed by atoms with Crippen LogP contribution in [0.25, 0.3) is 0 Å². The molecule has 0 heterocycles. The summed E-state index contributed by atoms with van der Waals surface area (Å²) in [5.74, 6) is 0. The fraction of sp³-hybridized carbons (Fsp3) is 0.200. The van der Waals surface area contributed by atoms with Crippen LogP contribution < -0.4 is 5.32 Å². The molecule has 0 aromatic heterocycles. The topological polar surface area (TPSA) is 12.0 Å². The Kier molecular flexibility index (Phi) is 4.15. The molecule has 0 radical (unpaired) electrons. The first-order valence-corrected chi connectivity index (χ1v) is 6.57. The molecule has 2 aromatic carbocycles. The molecule has 0 fully saturated rings. The van der Waals surface area contributed by atoms with E-state index in [0.717, 1.165) is 12.2 Å². The van der Waals surface area contributed by atoms with Gasteiger partial charge in [0.2, 0.25) is 0 Å². The maximum Gasteiger partial charge on any atom is 0.0823 e. The van der Waals surface area contributed by atoms with Gasteiger partial charge in [0, 0.05) is 6.54 Å². The molecule has 0 saturated heterocycles. The van der Waals surface area contributed by atoms with E-state index >= 15 is 0 Å². The zero-order valence-corrected chi connectivity index (χ0v) is 11.9. The van der Waals surface area contributed by atoms with E-state index in [-0.39, 0.29) is 0 Å². The average molecular weight is 280 g/mol. The van der Waals surface area contributed by atoms with Crippen molar-refractivity contribution in [3.8, 4) is 0 Å². The normalized spacial score (nSPS) is 10.4. The summed E-state index contributed by atoms with van der Waals surface area (Å²) < 4.78 is 0. The number of halogens is 2. The third-order valence-corrected chi connectivity index (χ3v) is 3.82. The van der Waals surface area contributed by atoms with Crippen LogP contribution in [0, 0.1) is 13.8 Å². The van der Waals surface area contributed by atoms with Crippen LogP contribution in [0.1, 0.15) is 16.7 Å². The number of aryl methyl sites for hydroxylation is 2. The molecule has 0 unspecified atom stereocenters. The molecule has 0 bridgehead atoms. The van der Waals surface area contributed by atoms with E-state index in [2.05, 4.69) is 37.4 Å². The SMILES string of the molecule is Cc1ccc(CNc2cccc(Cl)c2Cl)cc1C. The van der Waals surface area contributed by atoms with E-state index in [1.807, 2.05) is 12.1 Å². The molecule has 18 heavy (non-hydrogen) atoms. The number of hydrogen-bond donors (Lipinski definition) is 1. The Hall–Kier alpha value is -1.18. The summed E-state index contributed by atoms with van der Waals surface area (Å²) in [6.45, 7) is 4.97. The predicted molar refractivity (Wildman–Crippen MR) is 79.7 cm³/mol. The van der Waals surface area contributed by atoms with Gasteiger partial charge in [0.1, 0.15) is 0 Å². The van der Waals surface area contributed by atoms with Crippen molar-refractivity contribution in [2.24, 2.45) is 0 Å². The summed E-state index contributed by atoms with van der Waals surface area (Å²) >= 11 is 12.1. The van der Waals surface area contributed by atoms with Crippen molar-refractivity contribution in [1.29, 1.82) is 0 Å². The first kappa shape index (κ1) is 13.3. The molecule has 94 valence electrons. The van der Waals surface area contributed by atoms with Crippen LogP contribution in [0.5, 0.6) is 0 Å². The van der Waals surface area contributed by atoms with Gasteiger partial charge in [-0.2, -0.15) is 0 Å². The van der Waals surface area contributed by atoms with Gasteiger partial charge in [-0.25, -0.2) is 0 Å². The minimum Gasteiger partial charge on any atom is -0.380 e. The molecule has 0 aliphatic heterocycles. The molecular weight excluding hydrogens is 265 g/mol. The van der Waals surface area contributed by atoms with Crippen molar-refractivity contribution in [1.82, 2.24) is 0 Å². The number of benzene rings is 2. The lowest BCUT2D eigenvalue weighted by Gasteiger charge is -2.10. The van der Waals surface area contributed by atoms with Crippen molar-refractivity contribution < 1.29 is 0 Å². The van der Waals surface area contributed by atoms with Crippen molar-refractivity contribution >= 4 is 28.9 Å². The summed E-state index contributed by atoms with van der Waals surface area (Å²) in [4.78, 5) is 0. The Morgan fingerprint density at radius 2 is 1.78 bits per heavy atom. The highest BCUT2D eigenvalue weighted by atomic mass is 35.5. The van der Waals surface area contributed by atoms with Crippen LogP contribution in [0.3, 0.4) is 0 Å². The van der Waals surface area contributed by atoms with E-state index in [1.54, 1.807) is 6.07 Å². The summed E-state index contributed by atoms with van der Waals surface area (Å²) in [7, 11) is 0. The van der Waals surface area contributed by atoms with Crippen LogP contribution in [0.4, 0.5) is 5.69 Å². The quantitative estimate of drug-likeness (QED) is 0.812. The van der Waals surface area contributed by atoms with E-state index in [0.29, 0.717) is 10.0 Å². The van der Waals surface area contributed by atoms with Gasteiger partial charge in [0.25, 0.3) is 0 Å². The van der Waals surface area contributed by atoms with Gasteiger partial charge in [-0.05, 0) is 42.7 Å². The molecule has 0 saturated carbocycles. The molecule has 3 heteroatoms. The number of anilines is 1. The highest BCUT2D eigenvalue weighted by Crippen LogP contribution is 2.29. The third kappa shape index (κ3) is 2.98. The highest BCUT2D eigenvalue weighted by molar-refractivity contribution is 6.43. The van der Waals surface area contributed by atoms with Crippen molar-refractivity contribution in [3.63, 3.8) is 0 Å². The van der Waals surface area contributed by atoms with Crippen molar-refractivity contribution in [2.45, 2.75) is 20.4 Å². The van der Waals surface area contributed by atoms with Gasteiger partial charge < -0.3 is 5.32 Å². The molecular formula is C15H15Cl2N. The molecule has 0 amide bonds. The second-order valence-electron chi connectivity index (χ2n) is 4.37. The Morgan fingerprint density at radius 3 is 2.50 bits per heavy atom. The van der Waals surface area contributed by atoms with E-state index < -0.39 is 0 Å². The maximum atomic E-state index is 6.12. The first-order chi connectivity index (χ1) is 8.58. The third-order valence-electron chi connectivity index (χ3n) is 3.01. The largest absolute Gasteiger partial charge is 0.380 e. The summed E-state index contributed by atoms with van der Waals surface area (Å²) in [6.07, 6.45) is 0. The smallest absolute Gasteiger partial charge is 0.0823 e. The summed E-state index contributed by atoms with van der Waals surface area (Å²) in [5.41, 5.74) is 4.70. The highest BCUT2D eigenvalue weighted by Gasteiger charge is 2.04. The average Bonchev–Trinajstić information content (AvgIpc) is 2.35. The minimum atomic E-state index is 0.571. The van der Waals surface area contributed by atoms with E-state index in [1.165, 1.54) is 16.7 Å². The molecule has 0 aliphatic carbocycles. The zero-order chi connectivity index (χ0) is 13.1. The molecule has 0 spiro atoms. The lowest BCUT2D eigenvalue weighted by molar-refractivity contribution is 1.13. The van der Waals surface area contributed by atoms with Crippen molar-refractivity contribution in [2.75, 3.05) is 5.32 Å². The summed E-state index contributed by atoms with van der Waals surface area (Å²) in [6, 6.07) is 12.0. The number of nitrogens with one attached hydrogen (secondary N) is 1. The van der Waals surface area contributed by atoms with Crippen LogP contribution in [0.15, 0.2) is 36.4 Å². The fourth-order valence-corrected chi connectivity index (χ4v) is 2.12. The second-order valence-corrected chi connectivity index (χ2v) is 5.16. The number of hydrogen-bond acceptors (Lipinski definition) is 1. The summed E-state index contributed by atoms with van der Waals surface area (Å²) in [5, 5.41) is 4.44. The van der Waals surface area contributed by atoms with Gasteiger partial charge in [-0.3, -0.25) is 0 Å². The Bertz CT molecular complexity index is 564. The Labute approximate surface area is 118 Å². The molecule has 2 aromatic rings. The Balaban J connectivity index is 2.11. The molecule has 1 N–H and O–H groups in total. The predicted octanol–water partition coefficient (Wildman–Crippen LogP) is 5.22. The Morgan fingerprint density at radius 1 is 1.00 bits per heavy atom. The molecule has 0 aliphatic rings. The minimum absolute atomic E-state index is 0.571. The fourth-order valence-electron chi connectivity index (χ4n) is 1.75. The van der Waals surface area contributed by atoms with E-state index in [4.69, 9.17) is 23.2 Å². The standard InChI is InChI=1S/C15H15Cl2N/c1-10-6-7-12(8-11(10)2)9-18-14-5-3-4-13(16)15(14)17/h3-8,18H,9H2,1-2H3. The molecule has 2 rings (SSSR count). The van der Waals surface area contributed by atoms with Crippen LogP contribution >= 0.6 is 23.2 Å². The monoisotopic (exact) mass is 279 g/mol. The second kappa shape index (κ2) is 5.64. The van der Waals surface area contributed by atoms with Crippen molar-refractivity contribution in [3.05, 3.63) is 63.1 Å².